The van der Waals surface area contributed by atoms with Crippen LogP contribution in [0.1, 0.15) is 25.7 Å². The number of hydrogen-bond acceptors (Lipinski definition) is 3. The summed E-state index contributed by atoms with van der Waals surface area (Å²) in [6.07, 6.45) is 4.85. The van der Waals surface area contributed by atoms with Crippen LogP contribution in [0, 0.1) is 0 Å². The van der Waals surface area contributed by atoms with Gasteiger partial charge in [0, 0.05) is 13.1 Å². The predicted molar refractivity (Wildman–Crippen MR) is 79.9 cm³/mol. The first-order valence-corrected chi connectivity index (χ1v) is 7.73. The lowest BCUT2D eigenvalue weighted by Gasteiger charge is -2.34. The average Bonchev–Trinajstić information content (AvgIpc) is 2.82. The largest absolute Gasteiger partial charge is 0.347 e. The van der Waals surface area contributed by atoms with E-state index in [1.807, 2.05) is 6.07 Å². The molecular formula is C14H17ClN2S. The molecule has 0 N–H and O–H groups in total. The van der Waals surface area contributed by atoms with Crippen molar-refractivity contribution in [1.29, 1.82) is 0 Å². The SMILES string of the molecule is CN(c1nc2ccccc2s1)C1CCCCC1Cl. The third-order valence-corrected chi connectivity index (χ3v) is 5.37. The van der Waals surface area contributed by atoms with E-state index in [9.17, 15) is 0 Å². The molecule has 1 fully saturated rings. The Morgan fingerprint density at radius 1 is 1.28 bits per heavy atom. The Morgan fingerprint density at radius 2 is 2.06 bits per heavy atom. The van der Waals surface area contributed by atoms with Gasteiger partial charge >= 0.3 is 0 Å². The second-order valence-electron chi connectivity index (χ2n) is 4.94. The molecule has 2 aromatic rings. The Labute approximate surface area is 117 Å². The first kappa shape index (κ1) is 12.2. The maximum atomic E-state index is 6.46. The highest BCUT2D eigenvalue weighted by atomic mass is 35.5. The first-order chi connectivity index (χ1) is 8.75. The van der Waals surface area contributed by atoms with Gasteiger partial charge in [0.05, 0.1) is 15.6 Å². The van der Waals surface area contributed by atoms with Gasteiger partial charge in [0.15, 0.2) is 5.13 Å². The number of thiazole rings is 1. The molecule has 3 rings (SSSR count). The zero-order valence-corrected chi connectivity index (χ0v) is 12.0. The molecule has 0 spiro atoms. The topological polar surface area (TPSA) is 16.1 Å². The number of nitrogens with zero attached hydrogens (tertiary/aromatic N) is 2. The number of anilines is 1. The zero-order valence-electron chi connectivity index (χ0n) is 10.5. The molecule has 2 unspecified atom stereocenters. The maximum absolute atomic E-state index is 6.46. The van der Waals surface area contributed by atoms with Crippen molar-refractivity contribution >= 4 is 38.3 Å². The van der Waals surface area contributed by atoms with Crippen molar-refractivity contribution in [2.24, 2.45) is 0 Å². The molecule has 1 heterocycles. The molecule has 2 atom stereocenters. The van der Waals surface area contributed by atoms with Gasteiger partial charge in [-0.05, 0) is 25.0 Å². The van der Waals surface area contributed by atoms with Crippen LogP contribution in [0.25, 0.3) is 10.2 Å². The number of alkyl halides is 1. The number of rotatable bonds is 2. The van der Waals surface area contributed by atoms with E-state index in [-0.39, 0.29) is 5.38 Å². The Bertz CT molecular complexity index is 506. The monoisotopic (exact) mass is 280 g/mol. The lowest BCUT2D eigenvalue weighted by atomic mass is 9.94. The van der Waals surface area contributed by atoms with Gasteiger partial charge in [-0.15, -0.1) is 11.6 Å². The van der Waals surface area contributed by atoms with Crippen molar-refractivity contribution < 1.29 is 0 Å². The summed E-state index contributed by atoms with van der Waals surface area (Å²) in [6, 6.07) is 8.73. The second kappa shape index (κ2) is 5.06. The summed E-state index contributed by atoms with van der Waals surface area (Å²) < 4.78 is 1.25. The van der Waals surface area contributed by atoms with Gasteiger partial charge in [0.2, 0.25) is 0 Å². The summed E-state index contributed by atoms with van der Waals surface area (Å²) >= 11 is 8.22. The van der Waals surface area contributed by atoms with Crippen LogP contribution >= 0.6 is 22.9 Å². The maximum Gasteiger partial charge on any atom is 0.186 e. The fourth-order valence-electron chi connectivity index (χ4n) is 2.66. The molecule has 1 aromatic heterocycles. The molecule has 1 aromatic carbocycles. The molecular weight excluding hydrogens is 264 g/mol. The number of benzene rings is 1. The summed E-state index contributed by atoms with van der Waals surface area (Å²) in [4.78, 5) is 6.99. The van der Waals surface area contributed by atoms with Gasteiger partial charge in [-0.3, -0.25) is 0 Å². The molecule has 96 valence electrons. The third kappa shape index (κ3) is 2.21. The second-order valence-corrected chi connectivity index (χ2v) is 6.51. The Morgan fingerprint density at radius 3 is 2.83 bits per heavy atom. The Hall–Kier alpha value is -0.800. The minimum Gasteiger partial charge on any atom is -0.347 e. The van der Waals surface area contributed by atoms with Gasteiger partial charge in [0.25, 0.3) is 0 Å². The van der Waals surface area contributed by atoms with Crippen molar-refractivity contribution in [1.82, 2.24) is 4.98 Å². The van der Waals surface area contributed by atoms with Gasteiger partial charge in [0.1, 0.15) is 0 Å². The van der Waals surface area contributed by atoms with E-state index in [0.29, 0.717) is 6.04 Å². The van der Waals surface area contributed by atoms with Crippen molar-refractivity contribution in [3.8, 4) is 0 Å². The lowest BCUT2D eigenvalue weighted by molar-refractivity contribution is 0.434. The molecule has 1 saturated carbocycles. The zero-order chi connectivity index (χ0) is 12.5. The van der Waals surface area contributed by atoms with E-state index in [2.05, 4.69) is 30.1 Å². The van der Waals surface area contributed by atoms with E-state index >= 15 is 0 Å². The Kier molecular flexibility index (Phi) is 3.44. The van der Waals surface area contributed by atoms with Gasteiger partial charge in [-0.25, -0.2) is 4.98 Å². The number of hydrogen-bond donors (Lipinski definition) is 0. The lowest BCUT2D eigenvalue weighted by Crippen LogP contribution is -2.40. The van der Waals surface area contributed by atoms with Gasteiger partial charge in [-0.1, -0.05) is 36.3 Å². The third-order valence-electron chi connectivity index (χ3n) is 3.73. The van der Waals surface area contributed by atoms with Crippen LogP contribution in [0.4, 0.5) is 5.13 Å². The minimum atomic E-state index is 0.260. The number of para-hydroxylation sites is 1. The molecule has 1 aliphatic carbocycles. The van der Waals surface area contributed by atoms with E-state index in [4.69, 9.17) is 16.6 Å². The molecule has 18 heavy (non-hydrogen) atoms. The van der Waals surface area contributed by atoms with Gasteiger partial charge < -0.3 is 4.90 Å². The average molecular weight is 281 g/mol. The van der Waals surface area contributed by atoms with Crippen LogP contribution in [0.2, 0.25) is 0 Å². The van der Waals surface area contributed by atoms with Crippen LogP contribution in [0.3, 0.4) is 0 Å². The summed E-state index contributed by atoms with van der Waals surface area (Å²) in [5.41, 5.74) is 1.09. The van der Waals surface area contributed by atoms with Crippen molar-refractivity contribution in [2.45, 2.75) is 37.1 Å². The number of halogens is 1. The standard InChI is InChI=1S/C14H17ClN2S/c1-17(12-8-4-2-6-10(12)15)14-16-11-7-3-5-9-13(11)18-14/h3,5,7,9-10,12H,2,4,6,8H2,1H3. The quantitative estimate of drug-likeness (QED) is 0.763. The summed E-state index contributed by atoms with van der Waals surface area (Å²) in [6.45, 7) is 0. The van der Waals surface area contributed by atoms with E-state index in [1.54, 1.807) is 11.3 Å². The molecule has 0 saturated heterocycles. The van der Waals surface area contributed by atoms with Crippen LogP contribution < -0.4 is 4.90 Å². The normalized spacial score (nSPS) is 24.3. The van der Waals surface area contributed by atoms with Crippen LogP contribution in [0.5, 0.6) is 0 Å². The number of fused-ring (bicyclic) bond motifs is 1. The van der Waals surface area contributed by atoms with E-state index in [0.717, 1.165) is 17.1 Å². The van der Waals surface area contributed by atoms with E-state index < -0.39 is 0 Å². The fourth-order valence-corrected chi connectivity index (χ4v) is 4.09. The van der Waals surface area contributed by atoms with Crippen molar-refractivity contribution in [3.63, 3.8) is 0 Å². The van der Waals surface area contributed by atoms with Crippen molar-refractivity contribution in [2.75, 3.05) is 11.9 Å². The van der Waals surface area contributed by atoms with Crippen LogP contribution in [0.15, 0.2) is 24.3 Å². The molecule has 0 bridgehead atoms. The molecule has 1 aliphatic rings. The molecule has 2 nitrogen and oxygen atoms in total. The summed E-state index contributed by atoms with van der Waals surface area (Å²) in [5.74, 6) is 0. The smallest absolute Gasteiger partial charge is 0.186 e. The van der Waals surface area contributed by atoms with Crippen LogP contribution in [-0.4, -0.2) is 23.5 Å². The summed E-state index contributed by atoms with van der Waals surface area (Å²) in [5, 5.41) is 1.35. The highest BCUT2D eigenvalue weighted by Gasteiger charge is 2.28. The molecule has 0 aliphatic heterocycles. The van der Waals surface area contributed by atoms with E-state index in [1.165, 1.54) is 24.0 Å². The first-order valence-electron chi connectivity index (χ1n) is 6.48. The van der Waals surface area contributed by atoms with Gasteiger partial charge in [-0.2, -0.15) is 0 Å². The van der Waals surface area contributed by atoms with Crippen LogP contribution in [-0.2, 0) is 0 Å². The molecule has 4 heteroatoms. The van der Waals surface area contributed by atoms with Crippen molar-refractivity contribution in [3.05, 3.63) is 24.3 Å². The highest BCUT2D eigenvalue weighted by molar-refractivity contribution is 7.22. The number of aromatic nitrogens is 1. The molecule has 0 radical (unpaired) electrons. The predicted octanol–water partition coefficient (Wildman–Crippen LogP) is 4.28. The fraction of sp³-hybridized carbons (Fsp3) is 0.500. The molecule has 0 amide bonds. The minimum absolute atomic E-state index is 0.260. The highest BCUT2D eigenvalue weighted by Crippen LogP contribution is 2.33. The Balaban J connectivity index is 1.88. The summed E-state index contributed by atoms with van der Waals surface area (Å²) in [7, 11) is 2.13.